The summed E-state index contributed by atoms with van der Waals surface area (Å²) < 4.78 is 0. The zero-order valence-corrected chi connectivity index (χ0v) is 11.9. The lowest BCUT2D eigenvalue weighted by Crippen LogP contribution is -2.20. The third kappa shape index (κ3) is 5.50. The highest BCUT2D eigenvalue weighted by molar-refractivity contribution is 8.00. The van der Waals surface area contributed by atoms with E-state index in [4.69, 9.17) is 22.4 Å². The molecule has 0 aliphatic rings. The second kappa shape index (κ2) is 7.37. The molecule has 0 bridgehead atoms. The van der Waals surface area contributed by atoms with Gasteiger partial charge in [0.2, 0.25) is 5.91 Å². The lowest BCUT2D eigenvalue weighted by atomic mass is 10.2. The molecular formula is C12H15ClN2O3S. The Morgan fingerprint density at radius 1 is 1.53 bits per heavy atom. The molecule has 0 spiro atoms. The van der Waals surface area contributed by atoms with Gasteiger partial charge >= 0.3 is 5.97 Å². The molecular weight excluding hydrogens is 288 g/mol. The maximum absolute atomic E-state index is 11.6. The van der Waals surface area contributed by atoms with E-state index in [1.807, 2.05) is 6.92 Å². The molecule has 1 aromatic carbocycles. The van der Waals surface area contributed by atoms with Gasteiger partial charge in [0.15, 0.2) is 0 Å². The van der Waals surface area contributed by atoms with Crippen LogP contribution in [0.2, 0.25) is 5.02 Å². The third-order valence-corrected chi connectivity index (χ3v) is 3.66. The fraction of sp³-hybridized carbons (Fsp3) is 0.333. The molecule has 19 heavy (non-hydrogen) atoms. The average molecular weight is 303 g/mol. The van der Waals surface area contributed by atoms with Crippen LogP contribution in [0.15, 0.2) is 18.2 Å². The van der Waals surface area contributed by atoms with Crippen molar-refractivity contribution in [2.45, 2.75) is 13.0 Å². The molecule has 104 valence electrons. The van der Waals surface area contributed by atoms with Crippen LogP contribution in [0.5, 0.6) is 0 Å². The number of halogens is 1. The Balaban J connectivity index is 2.63. The van der Waals surface area contributed by atoms with Gasteiger partial charge in [-0.25, -0.2) is 4.79 Å². The normalized spacial score (nSPS) is 11.9. The van der Waals surface area contributed by atoms with Gasteiger partial charge in [0.25, 0.3) is 0 Å². The maximum atomic E-state index is 11.6. The fourth-order valence-corrected chi connectivity index (χ4v) is 2.19. The molecule has 0 radical (unpaired) electrons. The van der Waals surface area contributed by atoms with Gasteiger partial charge in [-0.2, -0.15) is 11.8 Å². The Kier molecular flexibility index (Phi) is 6.14. The summed E-state index contributed by atoms with van der Waals surface area (Å²) >= 11 is 7.30. The fourth-order valence-electron chi connectivity index (χ4n) is 1.28. The van der Waals surface area contributed by atoms with Crippen molar-refractivity contribution in [1.82, 2.24) is 0 Å². The predicted octanol–water partition coefficient (Wildman–Crippen LogP) is 2.06. The van der Waals surface area contributed by atoms with Crippen LogP contribution in [0.25, 0.3) is 0 Å². The second-order valence-corrected chi connectivity index (χ2v) is 5.48. The predicted molar refractivity (Wildman–Crippen MR) is 78.0 cm³/mol. The summed E-state index contributed by atoms with van der Waals surface area (Å²) in [6, 6.07) is 4.18. The van der Waals surface area contributed by atoms with Crippen LogP contribution < -0.4 is 11.1 Å². The number of hydrogen-bond acceptors (Lipinski definition) is 4. The molecule has 7 heteroatoms. The van der Waals surface area contributed by atoms with Gasteiger partial charge in [-0.05, 0) is 25.1 Å². The number of anilines is 1. The van der Waals surface area contributed by atoms with Crippen molar-refractivity contribution in [1.29, 1.82) is 0 Å². The van der Waals surface area contributed by atoms with Gasteiger partial charge in [0.1, 0.15) is 0 Å². The van der Waals surface area contributed by atoms with E-state index in [9.17, 15) is 9.59 Å². The quantitative estimate of drug-likeness (QED) is 0.748. The number of carboxylic acids is 1. The second-order valence-electron chi connectivity index (χ2n) is 4.04. The van der Waals surface area contributed by atoms with Crippen LogP contribution in [0.3, 0.4) is 0 Å². The van der Waals surface area contributed by atoms with E-state index in [1.54, 1.807) is 0 Å². The number of aromatic carboxylic acids is 1. The smallest absolute Gasteiger partial charge is 0.335 e. The molecule has 0 saturated heterocycles. The van der Waals surface area contributed by atoms with E-state index in [1.165, 1.54) is 30.0 Å². The van der Waals surface area contributed by atoms with Crippen molar-refractivity contribution in [3.05, 3.63) is 28.8 Å². The van der Waals surface area contributed by atoms with Gasteiger partial charge in [-0.15, -0.1) is 0 Å². The maximum Gasteiger partial charge on any atom is 0.335 e. The van der Waals surface area contributed by atoms with Crippen molar-refractivity contribution >= 4 is 40.9 Å². The molecule has 4 N–H and O–H groups in total. The van der Waals surface area contributed by atoms with Crippen molar-refractivity contribution < 1.29 is 14.7 Å². The highest BCUT2D eigenvalue weighted by Crippen LogP contribution is 2.23. The monoisotopic (exact) mass is 302 g/mol. The number of nitrogens with one attached hydrogen (secondary N) is 1. The van der Waals surface area contributed by atoms with Crippen molar-refractivity contribution in [2.24, 2.45) is 5.73 Å². The number of carbonyl (C=O) groups is 2. The Morgan fingerprint density at radius 2 is 2.21 bits per heavy atom. The Labute approximate surface area is 120 Å². The summed E-state index contributed by atoms with van der Waals surface area (Å²) in [6.07, 6.45) is 0. The van der Waals surface area contributed by atoms with E-state index >= 15 is 0 Å². The molecule has 1 rings (SSSR count). The Morgan fingerprint density at radius 3 is 2.79 bits per heavy atom. The zero-order valence-electron chi connectivity index (χ0n) is 10.4. The summed E-state index contributed by atoms with van der Waals surface area (Å²) in [5.74, 6) is -0.389. The number of carboxylic acid groups (broad SMARTS) is 1. The minimum Gasteiger partial charge on any atom is -0.478 e. The van der Waals surface area contributed by atoms with Crippen molar-refractivity contribution in [3.63, 3.8) is 0 Å². The summed E-state index contributed by atoms with van der Waals surface area (Å²) in [6.45, 7) is 1.86. The van der Waals surface area contributed by atoms with Gasteiger partial charge in [0.05, 0.1) is 22.0 Å². The lowest BCUT2D eigenvalue weighted by Gasteiger charge is -2.09. The molecule has 1 aromatic rings. The zero-order chi connectivity index (χ0) is 14.4. The first-order valence-electron chi connectivity index (χ1n) is 5.56. The van der Waals surface area contributed by atoms with Crippen LogP contribution in [-0.4, -0.2) is 34.5 Å². The SMILES string of the molecule is CC(N)CSCC(=O)Nc1cc(C(=O)O)ccc1Cl. The standard InChI is InChI=1S/C12H15ClN2O3S/c1-7(14)5-19-6-11(16)15-10-4-8(12(17)18)2-3-9(10)13/h2-4,7H,5-6,14H2,1H3,(H,15,16)(H,17,18). The number of hydrogen-bond donors (Lipinski definition) is 3. The first-order chi connectivity index (χ1) is 8.90. The number of benzene rings is 1. The van der Waals surface area contributed by atoms with Gasteiger partial charge < -0.3 is 16.2 Å². The molecule has 1 amide bonds. The van der Waals surface area contributed by atoms with Crippen LogP contribution in [0.4, 0.5) is 5.69 Å². The van der Waals surface area contributed by atoms with Gasteiger partial charge in [0, 0.05) is 11.8 Å². The molecule has 5 nitrogen and oxygen atoms in total. The van der Waals surface area contributed by atoms with Crippen molar-refractivity contribution in [2.75, 3.05) is 16.8 Å². The van der Waals surface area contributed by atoms with E-state index in [0.717, 1.165) is 0 Å². The van der Waals surface area contributed by atoms with Gasteiger partial charge in [-0.1, -0.05) is 11.6 Å². The highest BCUT2D eigenvalue weighted by Gasteiger charge is 2.10. The van der Waals surface area contributed by atoms with E-state index in [0.29, 0.717) is 16.5 Å². The number of thioether (sulfide) groups is 1. The van der Waals surface area contributed by atoms with Crippen molar-refractivity contribution in [3.8, 4) is 0 Å². The van der Waals surface area contributed by atoms with Crippen LogP contribution in [0.1, 0.15) is 17.3 Å². The van der Waals surface area contributed by atoms with Crippen LogP contribution in [-0.2, 0) is 4.79 Å². The minimum atomic E-state index is -1.07. The van der Waals surface area contributed by atoms with E-state index in [-0.39, 0.29) is 23.3 Å². The topological polar surface area (TPSA) is 92.4 Å². The molecule has 0 aromatic heterocycles. The highest BCUT2D eigenvalue weighted by atomic mass is 35.5. The van der Waals surface area contributed by atoms with Gasteiger partial charge in [-0.3, -0.25) is 4.79 Å². The summed E-state index contributed by atoms with van der Waals surface area (Å²) in [5, 5.41) is 11.7. The Hall–Kier alpha value is -1.24. The van der Waals surface area contributed by atoms with Crippen LogP contribution >= 0.6 is 23.4 Å². The average Bonchev–Trinajstić information content (AvgIpc) is 2.31. The number of nitrogens with two attached hydrogens (primary N) is 1. The molecule has 0 aliphatic carbocycles. The lowest BCUT2D eigenvalue weighted by molar-refractivity contribution is -0.113. The summed E-state index contributed by atoms with van der Waals surface area (Å²) in [5.41, 5.74) is 5.94. The number of rotatable bonds is 6. The molecule has 0 saturated carbocycles. The van der Waals surface area contributed by atoms with E-state index < -0.39 is 5.97 Å². The molecule has 1 unspecified atom stereocenters. The van der Waals surface area contributed by atoms with E-state index in [2.05, 4.69) is 5.32 Å². The number of amides is 1. The molecule has 1 atom stereocenters. The largest absolute Gasteiger partial charge is 0.478 e. The molecule has 0 fully saturated rings. The van der Waals surface area contributed by atoms with Crippen LogP contribution in [0, 0.1) is 0 Å². The number of carbonyl (C=O) groups excluding carboxylic acids is 1. The Bertz CT molecular complexity index is 480. The minimum absolute atomic E-state index is 0.0247. The first kappa shape index (κ1) is 15.8. The molecule has 0 heterocycles. The first-order valence-corrected chi connectivity index (χ1v) is 7.09. The molecule has 0 aliphatic heterocycles. The summed E-state index contributed by atoms with van der Waals surface area (Å²) in [7, 11) is 0. The third-order valence-electron chi connectivity index (χ3n) is 2.10. The summed E-state index contributed by atoms with van der Waals surface area (Å²) in [4.78, 5) is 22.5.